The van der Waals surface area contributed by atoms with E-state index in [0.717, 1.165) is 22.9 Å². The summed E-state index contributed by atoms with van der Waals surface area (Å²) in [7, 11) is 0. The van der Waals surface area contributed by atoms with Crippen molar-refractivity contribution in [2.24, 2.45) is 0 Å². The molecule has 1 heterocycles. The molecule has 0 unspecified atom stereocenters. The number of H-pyrrole nitrogens is 1. The quantitative estimate of drug-likeness (QED) is 0.685. The van der Waals surface area contributed by atoms with Gasteiger partial charge in [0, 0.05) is 23.6 Å². The van der Waals surface area contributed by atoms with Crippen molar-refractivity contribution in [2.45, 2.75) is 6.42 Å². The monoisotopic (exact) mass is 244 g/mol. The van der Waals surface area contributed by atoms with E-state index in [1.165, 1.54) is 6.26 Å². The number of hydrogen-bond acceptors (Lipinski definition) is 3. The van der Waals surface area contributed by atoms with Crippen LogP contribution in [0.15, 0.2) is 49.7 Å². The number of aromatic hydroxyl groups is 1. The molecule has 1 aromatic carbocycles. The standard InChI is InChI=1S/C14H16N2O2/c1-3-18-10(2)15-7-6-11-9-16-14-5-4-12(17)8-13(11)14/h3-5,8-9,15-17H,1-2,6-7H2. The molecule has 2 rings (SSSR count). The van der Waals surface area contributed by atoms with Crippen LogP contribution in [-0.4, -0.2) is 16.6 Å². The Balaban J connectivity index is 2.01. The van der Waals surface area contributed by atoms with Crippen LogP contribution in [0, 0.1) is 0 Å². The van der Waals surface area contributed by atoms with Gasteiger partial charge in [-0.25, -0.2) is 0 Å². The van der Waals surface area contributed by atoms with Crippen molar-refractivity contribution < 1.29 is 9.84 Å². The molecule has 0 bridgehead atoms. The largest absolute Gasteiger partial charge is 0.508 e. The zero-order chi connectivity index (χ0) is 13.0. The summed E-state index contributed by atoms with van der Waals surface area (Å²) in [4.78, 5) is 3.17. The van der Waals surface area contributed by atoms with Gasteiger partial charge < -0.3 is 20.1 Å². The lowest BCUT2D eigenvalue weighted by atomic mass is 10.1. The van der Waals surface area contributed by atoms with Crippen molar-refractivity contribution in [3.63, 3.8) is 0 Å². The van der Waals surface area contributed by atoms with Gasteiger partial charge in [-0.15, -0.1) is 0 Å². The maximum absolute atomic E-state index is 9.48. The fraction of sp³-hybridized carbons (Fsp3) is 0.143. The number of aromatic nitrogens is 1. The van der Waals surface area contributed by atoms with Crippen molar-refractivity contribution >= 4 is 10.9 Å². The molecule has 4 heteroatoms. The zero-order valence-corrected chi connectivity index (χ0v) is 10.1. The van der Waals surface area contributed by atoms with Gasteiger partial charge in [0.05, 0.1) is 6.26 Å². The molecular weight excluding hydrogens is 228 g/mol. The minimum Gasteiger partial charge on any atom is -0.508 e. The van der Waals surface area contributed by atoms with E-state index in [-0.39, 0.29) is 5.75 Å². The van der Waals surface area contributed by atoms with Crippen LogP contribution in [0.25, 0.3) is 10.9 Å². The van der Waals surface area contributed by atoms with E-state index in [1.807, 2.05) is 12.3 Å². The third-order valence-corrected chi connectivity index (χ3v) is 2.69. The van der Waals surface area contributed by atoms with Gasteiger partial charge in [-0.1, -0.05) is 6.58 Å². The Bertz CT molecular complexity index is 572. The molecule has 0 fully saturated rings. The fourth-order valence-corrected chi connectivity index (χ4v) is 1.85. The van der Waals surface area contributed by atoms with Gasteiger partial charge in [0.2, 0.25) is 0 Å². The van der Waals surface area contributed by atoms with Gasteiger partial charge in [-0.05, 0) is 36.8 Å². The third-order valence-electron chi connectivity index (χ3n) is 2.69. The molecule has 94 valence electrons. The van der Waals surface area contributed by atoms with Gasteiger partial charge in [-0.2, -0.15) is 0 Å². The van der Waals surface area contributed by atoms with Gasteiger partial charge >= 0.3 is 0 Å². The average molecular weight is 244 g/mol. The number of ether oxygens (including phenoxy) is 1. The molecule has 0 saturated carbocycles. The Morgan fingerprint density at radius 1 is 1.50 bits per heavy atom. The molecule has 0 aliphatic carbocycles. The molecule has 0 amide bonds. The Morgan fingerprint density at radius 2 is 2.33 bits per heavy atom. The first kappa shape index (κ1) is 12.1. The first-order valence-electron chi connectivity index (χ1n) is 5.70. The van der Waals surface area contributed by atoms with Crippen molar-refractivity contribution in [1.29, 1.82) is 0 Å². The van der Waals surface area contributed by atoms with Crippen molar-refractivity contribution in [3.05, 3.63) is 55.3 Å². The molecule has 18 heavy (non-hydrogen) atoms. The summed E-state index contributed by atoms with van der Waals surface area (Å²) in [6, 6.07) is 5.29. The molecule has 2 aromatic rings. The smallest absolute Gasteiger partial charge is 0.185 e. The number of rotatable bonds is 6. The molecule has 1 aromatic heterocycles. The predicted octanol–water partition coefficient (Wildman–Crippen LogP) is 2.64. The highest BCUT2D eigenvalue weighted by Crippen LogP contribution is 2.22. The molecular formula is C14H16N2O2. The van der Waals surface area contributed by atoms with E-state index in [1.54, 1.807) is 12.1 Å². The Morgan fingerprint density at radius 3 is 3.11 bits per heavy atom. The molecule has 0 radical (unpaired) electrons. The van der Waals surface area contributed by atoms with E-state index in [9.17, 15) is 5.11 Å². The normalized spacial score (nSPS) is 10.2. The van der Waals surface area contributed by atoms with Crippen molar-refractivity contribution in [3.8, 4) is 5.75 Å². The summed E-state index contributed by atoms with van der Waals surface area (Å²) in [6.45, 7) is 7.84. The topological polar surface area (TPSA) is 57.3 Å². The summed E-state index contributed by atoms with van der Waals surface area (Å²) >= 11 is 0. The van der Waals surface area contributed by atoms with Crippen LogP contribution in [0.4, 0.5) is 0 Å². The maximum Gasteiger partial charge on any atom is 0.185 e. The number of fused-ring (bicyclic) bond motifs is 1. The number of benzene rings is 1. The van der Waals surface area contributed by atoms with E-state index >= 15 is 0 Å². The predicted molar refractivity (Wildman–Crippen MR) is 72.1 cm³/mol. The highest BCUT2D eigenvalue weighted by Gasteiger charge is 2.04. The molecule has 0 atom stereocenters. The molecule has 0 aliphatic heterocycles. The summed E-state index contributed by atoms with van der Waals surface area (Å²) in [5.41, 5.74) is 2.16. The third kappa shape index (κ3) is 2.66. The fourth-order valence-electron chi connectivity index (χ4n) is 1.85. The minimum atomic E-state index is 0.274. The minimum absolute atomic E-state index is 0.274. The van der Waals surface area contributed by atoms with Crippen LogP contribution < -0.4 is 5.32 Å². The van der Waals surface area contributed by atoms with Gasteiger partial charge in [0.1, 0.15) is 5.75 Å². The number of phenols is 1. The average Bonchev–Trinajstić information content (AvgIpc) is 2.72. The molecule has 0 saturated heterocycles. The van der Waals surface area contributed by atoms with E-state index in [2.05, 4.69) is 23.5 Å². The van der Waals surface area contributed by atoms with Crippen LogP contribution in [0.5, 0.6) is 5.75 Å². The zero-order valence-electron chi connectivity index (χ0n) is 10.1. The molecule has 0 aliphatic rings. The van der Waals surface area contributed by atoms with Crippen LogP contribution in [0.1, 0.15) is 5.56 Å². The Labute approximate surface area is 106 Å². The first-order valence-corrected chi connectivity index (χ1v) is 5.70. The summed E-state index contributed by atoms with van der Waals surface area (Å²) in [5, 5.41) is 13.6. The van der Waals surface area contributed by atoms with Crippen LogP contribution in [0.2, 0.25) is 0 Å². The summed E-state index contributed by atoms with van der Waals surface area (Å²) in [5.74, 6) is 0.753. The molecule has 3 N–H and O–H groups in total. The molecule has 4 nitrogen and oxygen atoms in total. The summed E-state index contributed by atoms with van der Waals surface area (Å²) in [6.07, 6.45) is 4.09. The number of nitrogens with one attached hydrogen (secondary N) is 2. The van der Waals surface area contributed by atoms with Gasteiger partial charge in [0.15, 0.2) is 5.88 Å². The molecule has 0 spiro atoms. The number of phenolic OH excluding ortho intramolecular Hbond substituents is 1. The second-order valence-electron chi connectivity index (χ2n) is 3.93. The lowest BCUT2D eigenvalue weighted by molar-refractivity contribution is 0.319. The first-order chi connectivity index (χ1) is 8.70. The highest BCUT2D eigenvalue weighted by atomic mass is 16.5. The van der Waals surface area contributed by atoms with E-state index in [4.69, 9.17) is 4.74 Å². The van der Waals surface area contributed by atoms with Gasteiger partial charge in [0.25, 0.3) is 0 Å². The second-order valence-corrected chi connectivity index (χ2v) is 3.93. The maximum atomic E-state index is 9.48. The second kappa shape index (κ2) is 5.31. The van der Waals surface area contributed by atoms with Crippen molar-refractivity contribution in [2.75, 3.05) is 6.54 Å². The van der Waals surface area contributed by atoms with E-state index < -0.39 is 0 Å². The van der Waals surface area contributed by atoms with E-state index in [0.29, 0.717) is 12.4 Å². The lowest BCUT2D eigenvalue weighted by Gasteiger charge is -2.07. The van der Waals surface area contributed by atoms with Crippen LogP contribution in [-0.2, 0) is 11.2 Å². The van der Waals surface area contributed by atoms with Gasteiger partial charge in [-0.3, -0.25) is 0 Å². The summed E-state index contributed by atoms with van der Waals surface area (Å²) < 4.78 is 4.98. The SMILES string of the molecule is C=COC(=C)NCCc1c[nH]c2ccc(O)cc12. The Kier molecular flexibility index (Phi) is 3.57. The lowest BCUT2D eigenvalue weighted by Crippen LogP contribution is -2.16. The Hall–Kier alpha value is -2.36. The number of aromatic amines is 1. The number of hydrogen-bond donors (Lipinski definition) is 3. The highest BCUT2D eigenvalue weighted by molar-refractivity contribution is 5.84. The van der Waals surface area contributed by atoms with Crippen LogP contribution >= 0.6 is 0 Å². The van der Waals surface area contributed by atoms with Crippen molar-refractivity contribution in [1.82, 2.24) is 10.3 Å². The van der Waals surface area contributed by atoms with Crippen LogP contribution in [0.3, 0.4) is 0 Å².